The van der Waals surface area contributed by atoms with Crippen LogP contribution < -0.4 is 19.5 Å². The number of nitrogens with zero attached hydrogens (tertiary/aromatic N) is 4. The average Bonchev–Trinajstić information content (AvgIpc) is 3.19. The maximum absolute atomic E-state index is 14.6. The number of hydrogen-bond donors (Lipinski definition) is 1. The van der Waals surface area contributed by atoms with Gasteiger partial charge in [0.1, 0.15) is 28.7 Å². The van der Waals surface area contributed by atoms with Gasteiger partial charge < -0.3 is 24.3 Å². The highest BCUT2D eigenvalue weighted by Gasteiger charge is 2.34. The summed E-state index contributed by atoms with van der Waals surface area (Å²) in [6, 6.07) is 26.6. The molecule has 0 bridgehead atoms. The number of hydrogen-bond acceptors (Lipinski definition) is 10. The minimum Gasteiger partial charge on any atom is -0.493 e. The summed E-state index contributed by atoms with van der Waals surface area (Å²) in [5.41, 5.74) is 5.47. The van der Waals surface area contributed by atoms with Gasteiger partial charge in [-0.2, -0.15) is 0 Å². The molecule has 0 fully saturated rings. The Hall–Kier alpha value is -6.29. The molecule has 0 spiro atoms. The smallest absolute Gasteiger partial charge is 0.196 e. The second-order valence-electron chi connectivity index (χ2n) is 15.1. The molecule has 0 unspecified atom stereocenters. The predicted molar refractivity (Wildman–Crippen MR) is 225 cm³/mol. The van der Waals surface area contributed by atoms with Gasteiger partial charge in [0.2, 0.25) is 0 Å². The Balaban J connectivity index is 0.00000262. The quantitative estimate of drug-likeness (QED) is 0.102. The van der Waals surface area contributed by atoms with Crippen LogP contribution in [0.2, 0.25) is 0 Å². The Morgan fingerprint density at radius 3 is 2.00 bits per heavy atom. The molecule has 2 aromatic heterocycles. The van der Waals surface area contributed by atoms with Crippen LogP contribution in [0.15, 0.2) is 96.1 Å². The number of pyridine rings is 1. The highest BCUT2D eigenvalue weighted by molar-refractivity contribution is 6.30. The standard InChI is InChI=1S/C44H43N5O5.C2H6/c1-43(2,3)24-44(4,5)26-16-18-27(19-17-26)54-35-23-32(47-36-15-11-12-20-45-36)37-39-38(35)41(49-48-40(39)28-13-9-10-14-29(28)42(37)50)30-21-33(52-7)34(53-8)22-31(30)46-25-51-6;1-2/h9-23,25H,24H2,1-8H3,(H,45,47);1-2H3. The Bertz CT molecular complexity index is 2400. The number of aliphatic imine (C=N–C) groups is 1. The van der Waals surface area contributed by atoms with Gasteiger partial charge >= 0.3 is 0 Å². The van der Waals surface area contributed by atoms with E-state index in [0.717, 1.165) is 6.42 Å². The highest BCUT2D eigenvalue weighted by Crippen LogP contribution is 2.51. The number of carbonyl (C=O) groups excluding carboxylic acids is 1. The van der Waals surface area contributed by atoms with Crippen LogP contribution in [0.5, 0.6) is 23.0 Å². The summed E-state index contributed by atoms with van der Waals surface area (Å²) in [6.45, 7) is 15.3. The molecule has 1 N–H and O–H groups in total. The lowest BCUT2D eigenvalue weighted by atomic mass is 9.72. The molecule has 56 heavy (non-hydrogen) atoms. The van der Waals surface area contributed by atoms with Crippen molar-refractivity contribution in [3.63, 3.8) is 0 Å². The van der Waals surface area contributed by atoms with Crippen molar-refractivity contribution in [2.45, 2.75) is 60.3 Å². The monoisotopic (exact) mass is 751 g/mol. The van der Waals surface area contributed by atoms with E-state index < -0.39 is 0 Å². The van der Waals surface area contributed by atoms with E-state index in [-0.39, 0.29) is 16.6 Å². The average molecular weight is 752 g/mol. The Morgan fingerprint density at radius 1 is 0.732 bits per heavy atom. The number of ether oxygens (including phenoxy) is 4. The number of benzene rings is 4. The summed E-state index contributed by atoms with van der Waals surface area (Å²) in [7, 11) is 4.65. The third-order valence-electron chi connectivity index (χ3n) is 9.49. The van der Waals surface area contributed by atoms with Gasteiger partial charge in [0.25, 0.3) is 0 Å². The van der Waals surface area contributed by atoms with Crippen molar-refractivity contribution < 1.29 is 23.7 Å². The lowest BCUT2D eigenvalue weighted by Gasteiger charge is -2.33. The summed E-state index contributed by atoms with van der Waals surface area (Å²) in [4.78, 5) is 23.7. The summed E-state index contributed by atoms with van der Waals surface area (Å²) in [6.07, 6.45) is 4.03. The Morgan fingerprint density at radius 2 is 1.38 bits per heavy atom. The lowest BCUT2D eigenvalue weighted by molar-refractivity contribution is 0.104. The predicted octanol–water partition coefficient (Wildman–Crippen LogP) is 11.5. The number of fused-ring (bicyclic) bond motifs is 2. The van der Waals surface area contributed by atoms with E-state index in [9.17, 15) is 4.79 Å². The van der Waals surface area contributed by atoms with E-state index in [4.69, 9.17) is 29.1 Å². The van der Waals surface area contributed by atoms with Gasteiger partial charge in [0.05, 0.1) is 43.7 Å². The summed E-state index contributed by atoms with van der Waals surface area (Å²) >= 11 is 0. The summed E-state index contributed by atoms with van der Waals surface area (Å²) in [5, 5.41) is 14.2. The number of rotatable bonds is 11. The minimum absolute atomic E-state index is 0.0557. The highest BCUT2D eigenvalue weighted by atomic mass is 16.5. The molecular formula is C46H49N5O5. The number of carbonyl (C=O) groups is 1. The number of aromatic nitrogens is 3. The third kappa shape index (κ3) is 7.77. The van der Waals surface area contributed by atoms with Crippen molar-refractivity contribution in [2.75, 3.05) is 26.6 Å². The van der Waals surface area contributed by atoms with Crippen LogP contribution >= 0.6 is 0 Å². The first kappa shape index (κ1) is 39.4. The van der Waals surface area contributed by atoms with Gasteiger partial charge in [-0.25, -0.2) is 9.98 Å². The Kier molecular flexibility index (Phi) is 11.4. The van der Waals surface area contributed by atoms with Gasteiger partial charge in [0.15, 0.2) is 23.7 Å². The third-order valence-corrected chi connectivity index (χ3v) is 9.49. The number of ketones is 1. The zero-order valence-corrected chi connectivity index (χ0v) is 33.8. The molecule has 2 heterocycles. The zero-order chi connectivity index (χ0) is 40.2. The lowest BCUT2D eigenvalue weighted by Crippen LogP contribution is -2.24. The van der Waals surface area contributed by atoms with Crippen molar-refractivity contribution in [3.8, 4) is 45.5 Å². The first-order valence-electron chi connectivity index (χ1n) is 18.7. The molecule has 0 radical (unpaired) electrons. The van der Waals surface area contributed by atoms with Crippen LogP contribution in [-0.2, 0) is 10.2 Å². The fraction of sp³-hybridized carbons (Fsp3) is 0.283. The van der Waals surface area contributed by atoms with Crippen LogP contribution in [0.4, 0.5) is 17.2 Å². The molecule has 0 amide bonds. The van der Waals surface area contributed by atoms with Gasteiger partial charge in [-0.1, -0.05) is 90.9 Å². The van der Waals surface area contributed by atoms with Crippen LogP contribution in [0.25, 0.3) is 33.3 Å². The van der Waals surface area contributed by atoms with Gasteiger partial charge in [-0.3, -0.25) is 4.79 Å². The molecule has 1 aliphatic carbocycles. The molecule has 288 valence electrons. The molecule has 10 nitrogen and oxygen atoms in total. The molecule has 10 heteroatoms. The van der Waals surface area contributed by atoms with E-state index in [0.29, 0.717) is 84.6 Å². The normalized spacial score (nSPS) is 12.1. The molecule has 4 aromatic carbocycles. The maximum atomic E-state index is 14.6. The topological polar surface area (TPSA) is 117 Å². The molecule has 0 atom stereocenters. The van der Waals surface area contributed by atoms with E-state index in [1.165, 1.54) is 19.1 Å². The van der Waals surface area contributed by atoms with Crippen LogP contribution in [-0.4, -0.2) is 48.7 Å². The Labute approximate surface area is 329 Å². The van der Waals surface area contributed by atoms with Crippen molar-refractivity contribution in [3.05, 3.63) is 108 Å². The zero-order valence-electron chi connectivity index (χ0n) is 33.8. The van der Waals surface area contributed by atoms with Crippen molar-refractivity contribution in [2.24, 2.45) is 10.4 Å². The van der Waals surface area contributed by atoms with Crippen molar-refractivity contribution >= 4 is 40.1 Å². The largest absolute Gasteiger partial charge is 0.493 e. The molecule has 0 saturated carbocycles. The summed E-state index contributed by atoms with van der Waals surface area (Å²) < 4.78 is 23.5. The fourth-order valence-electron chi connectivity index (χ4n) is 7.52. The maximum Gasteiger partial charge on any atom is 0.196 e. The molecule has 6 aromatic rings. The van der Waals surface area contributed by atoms with E-state index in [1.54, 1.807) is 32.5 Å². The van der Waals surface area contributed by atoms with Gasteiger partial charge in [-0.05, 0) is 53.1 Å². The van der Waals surface area contributed by atoms with Crippen LogP contribution in [0.1, 0.15) is 76.4 Å². The second kappa shape index (κ2) is 16.2. The molecule has 0 aliphatic heterocycles. The van der Waals surface area contributed by atoms with Gasteiger partial charge in [0, 0.05) is 40.4 Å². The number of nitrogens with one attached hydrogen (secondary N) is 1. The molecular weight excluding hydrogens is 703 g/mol. The van der Waals surface area contributed by atoms with Crippen molar-refractivity contribution in [1.29, 1.82) is 0 Å². The first-order chi connectivity index (χ1) is 26.9. The first-order valence-corrected chi connectivity index (χ1v) is 18.7. The van der Waals surface area contributed by atoms with E-state index in [2.05, 4.69) is 62.0 Å². The molecule has 7 rings (SSSR count). The number of anilines is 2. The van der Waals surface area contributed by atoms with E-state index >= 15 is 0 Å². The molecule has 0 saturated heterocycles. The second-order valence-corrected chi connectivity index (χ2v) is 15.1. The van der Waals surface area contributed by atoms with E-state index in [1.807, 2.05) is 74.5 Å². The SMILES string of the molecule is CC.COC=Nc1cc(OC)c(OC)cc1-c1nnc2c3c(c(Nc4ccccn4)cc(Oc4ccc(C(C)(C)CC(C)(C)C)cc4)c13)C(=O)c1ccccc1-2. The fourth-order valence-corrected chi connectivity index (χ4v) is 7.52. The number of methoxy groups -OCH3 is 3. The summed E-state index contributed by atoms with van der Waals surface area (Å²) in [5.74, 6) is 2.39. The minimum atomic E-state index is -0.164. The van der Waals surface area contributed by atoms with Crippen LogP contribution in [0, 0.1) is 5.41 Å². The van der Waals surface area contributed by atoms with Crippen LogP contribution in [0.3, 0.4) is 0 Å². The van der Waals surface area contributed by atoms with Crippen molar-refractivity contribution in [1.82, 2.24) is 15.2 Å². The van der Waals surface area contributed by atoms with Gasteiger partial charge in [-0.15, -0.1) is 10.2 Å². The molecule has 1 aliphatic rings.